The number of carbonyl (C=O) groups excluding carboxylic acids is 2. The predicted octanol–water partition coefficient (Wildman–Crippen LogP) is 9.08. The zero-order chi connectivity index (χ0) is 24.7. The molecule has 0 spiro atoms. The van der Waals surface area contributed by atoms with E-state index in [9.17, 15) is 9.59 Å². The van der Waals surface area contributed by atoms with Gasteiger partial charge in [-0.1, -0.05) is 129 Å². The van der Waals surface area contributed by atoms with Crippen molar-refractivity contribution in [2.75, 3.05) is 13.2 Å². The molecule has 4 heteroatoms. The van der Waals surface area contributed by atoms with Crippen LogP contribution in [0.15, 0.2) is 0 Å². The van der Waals surface area contributed by atoms with Gasteiger partial charge in [-0.3, -0.25) is 9.59 Å². The lowest BCUT2D eigenvalue weighted by Crippen LogP contribution is -2.47. The Kier molecular flexibility index (Phi) is 19.3. The van der Waals surface area contributed by atoms with E-state index >= 15 is 0 Å². The molecule has 0 unspecified atom stereocenters. The molecule has 0 N–H and O–H groups in total. The van der Waals surface area contributed by atoms with Crippen LogP contribution in [-0.4, -0.2) is 25.2 Å². The molecule has 0 aromatic carbocycles. The zero-order valence-corrected chi connectivity index (χ0v) is 22.8. The Hall–Kier alpha value is -1.06. The third-order valence-electron chi connectivity index (χ3n) is 7.45. The second-order valence-corrected chi connectivity index (χ2v) is 10.6. The van der Waals surface area contributed by atoms with Crippen LogP contribution in [-0.2, 0) is 19.1 Å². The standard InChI is InChI=1S/C30H56O4/c1-3-5-7-9-11-13-15-17-19-21-26-33-28(31)30(24-23-25-30)29(32)34-27-22-20-18-16-14-12-10-8-6-4-2/h3-27H2,1-2H3. The fourth-order valence-corrected chi connectivity index (χ4v) is 4.81. The van der Waals surface area contributed by atoms with Crippen LogP contribution in [0, 0.1) is 5.41 Å². The minimum atomic E-state index is -1.00. The molecule has 1 rings (SSSR count). The largest absolute Gasteiger partial charge is 0.465 e. The first-order chi connectivity index (χ1) is 16.7. The molecule has 0 bridgehead atoms. The van der Waals surface area contributed by atoms with E-state index in [2.05, 4.69) is 13.8 Å². The highest BCUT2D eigenvalue weighted by molar-refractivity contribution is 6.01. The van der Waals surface area contributed by atoms with Crippen LogP contribution >= 0.6 is 0 Å². The predicted molar refractivity (Wildman–Crippen MR) is 142 cm³/mol. The maximum Gasteiger partial charge on any atom is 0.323 e. The molecule has 0 aromatic rings. The van der Waals surface area contributed by atoms with E-state index in [0.717, 1.165) is 32.1 Å². The highest BCUT2D eigenvalue weighted by Gasteiger charge is 2.53. The highest BCUT2D eigenvalue weighted by Crippen LogP contribution is 2.43. The third-order valence-corrected chi connectivity index (χ3v) is 7.45. The Labute approximate surface area is 211 Å². The van der Waals surface area contributed by atoms with Crippen molar-refractivity contribution in [2.45, 2.75) is 162 Å². The molecule has 1 aliphatic carbocycles. The molecule has 4 nitrogen and oxygen atoms in total. The van der Waals surface area contributed by atoms with Crippen molar-refractivity contribution in [1.82, 2.24) is 0 Å². The van der Waals surface area contributed by atoms with Crippen molar-refractivity contribution in [2.24, 2.45) is 5.41 Å². The molecule has 0 atom stereocenters. The summed E-state index contributed by atoms with van der Waals surface area (Å²) in [7, 11) is 0. The summed E-state index contributed by atoms with van der Waals surface area (Å²) >= 11 is 0. The highest BCUT2D eigenvalue weighted by atomic mass is 16.6. The van der Waals surface area contributed by atoms with Gasteiger partial charge in [0.25, 0.3) is 0 Å². The van der Waals surface area contributed by atoms with Gasteiger partial charge < -0.3 is 9.47 Å². The summed E-state index contributed by atoms with van der Waals surface area (Å²) in [5, 5.41) is 0. The zero-order valence-electron chi connectivity index (χ0n) is 22.8. The summed E-state index contributed by atoms with van der Waals surface area (Å²) in [6.07, 6.45) is 27.1. The van der Waals surface area contributed by atoms with E-state index in [1.54, 1.807) is 0 Å². The molecule has 200 valence electrons. The van der Waals surface area contributed by atoms with Crippen LogP contribution in [0.5, 0.6) is 0 Å². The Morgan fingerprint density at radius 1 is 0.500 bits per heavy atom. The molecule has 0 heterocycles. The monoisotopic (exact) mass is 480 g/mol. The van der Waals surface area contributed by atoms with Crippen molar-refractivity contribution < 1.29 is 19.1 Å². The Morgan fingerprint density at radius 3 is 1.06 bits per heavy atom. The van der Waals surface area contributed by atoms with Crippen LogP contribution in [0.1, 0.15) is 162 Å². The van der Waals surface area contributed by atoms with E-state index in [1.165, 1.54) is 103 Å². The van der Waals surface area contributed by atoms with Crippen LogP contribution in [0.25, 0.3) is 0 Å². The lowest BCUT2D eigenvalue weighted by atomic mass is 9.69. The molecular formula is C30H56O4. The smallest absolute Gasteiger partial charge is 0.323 e. The summed E-state index contributed by atoms with van der Waals surface area (Å²) in [6, 6.07) is 0. The number of esters is 2. The van der Waals surface area contributed by atoms with Gasteiger partial charge >= 0.3 is 11.9 Å². The summed E-state index contributed by atoms with van der Waals surface area (Å²) in [5.74, 6) is -0.689. The molecule has 34 heavy (non-hydrogen) atoms. The second kappa shape index (κ2) is 21.2. The van der Waals surface area contributed by atoms with Crippen LogP contribution in [0.4, 0.5) is 0 Å². The van der Waals surface area contributed by atoms with Gasteiger partial charge in [0.05, 0.1) is 13.2 Å². The van der Waals surface area contributed by atoms with Gasteiger partial charge in [0.2, 0.25) is 0 Å². The van der Waals surface area contributed by atoms with Crippen LogP contribution in [0.3, 0.4) is 0 Å². The topological polar surface area (TPSA) is 52.6 Å². The van der Waals surface area contributed by atoms with Gasteiger partial charge in [-0.2, -0.15) is 0 Å². The van der Waals surface area contributed by atoms with Gasteiger partial charge in [0, 0.05) is 0 Å². The fourth-order valence-electron chi connectivity index (χ4n) is 4.81. The quantitative estimate of drug-likeness (QED) is 0.0785. The Bertz CT molecular complexity index is 458. The van der Waals surface area contributed by atoms with E-state index in [-0.39, 0.29) is 11.9 Å². The average molecular weight is 481 g/mol. The number of carbonyl (C=O) groups is 2. The maximum atomic E-state index is 12.6. The van der Waals surface area contributed by atoms with Crippen molar-refractivity contribution in [3.8, 4) is 0 Å². The number of hydrogen-bond acceptors (Lipinski definition) is 4. The SMILES string of the molecule is CCCCCCCCCCCCOC(=O)C1(C(=O)OCCCCCCCCCCCC)CCC1. The third kappa shape index (κ3) is 13.7. The lowest BCUT2D eigenvalue weighted by Gasteiger charge is -2.36. The minimum absolute atomic E-state index is 0.345. The molecule has 0 radical (unpaired) electrons. The number of ether oxygens (including phenoxy) is 2. The number of unbranched alkanes of at least 4 members (excludes halogenated alkanes) is 18. The maximum absolute atomic E-state index is 12.6. The summed E-state index contributed by atoms with van der Waals surface area (Å²) < 4.78 is 11.0. The average Bonchev–Trinajstić information content (AvgIpc) is 2.80. The first-order valence-corrected chi connectivity index (χ1v) is 15.0. The van der Waals surface area contributed by atoms with Gasteiger partial charge in [-0.05, 0) is 32.1 Å². The van der Waals surface area contributed by atoms with Crippen LogP contribution < -0.4 is 0 Å². The summed E-state index contributed by atoms with van der Waals surface area (Å²) in [6.45, 7) is 5.37. The van der Waals surface area contributed by atoms with Crippen molar-refractivity contribution in [3.05, 3.63) is 0 Å². The van der Waals surface area contributed by atoms with E-state index in [0.29, 0.717) is 26.1 Å². The first kappa shape index (κ1) is 31.0. The van der Waals surface area contributed by atoms with Gasteiger partial charge in [-0.15, -0.1) is 0 Å². The Balaban J connectivity index is 2.02. The minimum Gasteiger partial charge on any atom is -0.465 e. The Morgan fingerprint density at radius 2 is 0.794 bits per heavy atom. The van der Waals surface area contributed by atoms with Gasteiger partial charge in [-0.25, -0.2) is 0 Å². The second-order valence-electron chi connectivity index (χ2n) is 10.6. The van der Waals surface area contributed by atoms with Crippen molar-refractivity contribution in [1.29, 1.82) is 0 Å². The molecule has 0 aromatic heterocycles. The molecule has 1 fully saturated rings. The van der Waals surface area contributed by atoms with E-state index in [4.69, 9.17) is 9.47 Å². The summed E-state index contributed by atoms with van der Waals surface area (Å²) in [4.78, 5) is 25.3. The molecule has 1 aliphatic rings. The molecular weight excluding hydrogens is 424 g/mol. The van der Waals surface area contributed by atoms with Gasteiger partial charge in [0.1, 0.15) is 0 Å². The lowest BCUT2D eigenvalue weighted by molar-refractivity contribution is -0.179. The van der Waals surface area contributed by atoms with Gasteiger partial charge in [0.15, 0.2) is 5.41 Å². The molecule has 0 saturated heterocycles. The first-order valence-electron chi connectivity index (χ1n) is 15.0. The number of hydrogen-bond donors (Lipinski definition) is 0. The molecule has 1 saturated carbocycles. The fraction of sp³-hybridized carbons (Fsp3) is 0.933. The van der Waals surface area contributed by atoms with Crippen molar-refractivity contribution in [3.63, 3.8) is 0 Å². The van der Waals surface area contributed by atoms with E-state index in [1.807, 2.05) is 0 Å². The van der Waals surface area contributed by atoms with E-state index < -0.39 is 5.41 Å². The molecule has 0 aliphatic heterocycles. The molecule has 0 amide bonds. The summed E-state index contributed by atoms with van der Waals surface area (Å²) in [5.41, 5.74) is -1.00. The normalized spacial score (nSPS) is 14.5. The van der Waals surface area contributed by atoms with Crippen molar-refractivity contribution >= 4 is 11.9 Å². The van der Waals surface area contributed by atoms with Crippen LogP contribution in [0.2, 0.25) is 0 Å². The number of rotatable bonds is 24.